The smallest absolute Gasteiger partial charge is 0.490 e. The number of fused-ring (bicyclic) bond motifs is 1. The van der Waals surface area contributed by atoms with Crippen LogP contribution < -0.4 is 5.73 Å². The second-order valence-corrected chi connectivity index (χ2v) is 6.46. The summed E-state index contributed by atoms with van der Waals surface area (Å²) in [5, 5.41) is 19.6. The van der Waals surface area contributed by atoms with E-state index in [1.807, 2.05) is 11.4 Å². The standard InChI is InChI=1S/C13H13N3O3S.C2HF3O2/c14-11(17)9-2-4-16(13(9)19)5-7-6-20-10-8(7)1-3-15-12(10)18;3-2(4,5)1(6)7/h1,3,6,9H,2,4-5H2,(H2,14,17)(H,15,18);(H,6,7)/t9-;/m0./s1. The van der Waals surface area contributed by atoms with Gasteiger partial charge in [0, 0.05) is 24.7 Å². The Morgan fingerprint density at radius 3 is 2.56 bits per heavy atom. The van der Waals surface area contributed by atoms with Crippen LogP contribution in [0.4, 0.5) is 13.2 Å². The molecule has 146 valence electrons. The molecule has 0 spiro atoms. The first kappa shape index (κ1) is 20.4. The van der Waals surface area contributed by atoms with Gasteiger partial charge in [0.2, 0.25) is 17.7 Å². The number of pyridine rings is 1. The van der Waals surface area contributed by atoms with E-state index in [4.69, 9.17) is 15.6 Å². The van der Waals surface area contributed by atoms with Gasteiger partial charge in [0.1, 0.15) is 5.92 Å². The lowest BCUT2D eigenvalue weighted by Crippen LogP contribution is -2.33. The first-order valence-corrected chi connectivity index (χ1v) is 8.32. The summed E-state index contributed by atoms with van der Waals surface area (Å²) >= 11 is 1.39. The van der Waals surface area contributed by atoms with Crippen molar-refractivity contribution in [2.45, 2.75) is 19.1 Å². The number of thiophene rings is 1. The van der Waals surface area contributed by atoms with Crippen molar-refractivity contribution < 1.29 is 37.8 Å². The van der Waals surface area contributed by atoms with Gasteiger partial charge in [-0.2, -0.15) is 13.2 Å². The molecule has 4 N–H and O–H groups in total. The zero-order valence-corrected chi connectivity index (χ0v) is 14.4. The molecule has 1 fully saturated rings. The number of carboxylic acid groups (broad SMARTS) is 1. The van der Waals surface area contributed by atoms with E-state index >= 15 is 0 Å². The van der Waals surface area contributed by atoms with Gasteiger partial charge in [-0.1, -0.05) is 0 Å². The van der Waals surface area contributed by atoms with Crippen molar-refractivity contribution in [3.05, 3.63) is 23.2 Å². The lowest BCUT2D eigenvalue weighted by Gasteiger charge is -2.15. The summed E-state index contributed by atoms with van der Waals surface area (Å²) in [5.41, 5.74) is 6.15. The predicted molar refractivity (Wildman–Crippen MR) is 87.7 cm³/mol. The Labute approximate surface area is 154 Å². The van der Waals surface area contributed by atoms with E-state index in [1.54, 1.807) is 4.90 Å². The van der Waals surface area contributed by atoms with E-state index in [-0.39, 0.29) is 11.8 Å². The summed E-state index contributed by atoms with van der Waals surface area (Å²) in [6.45, 7) is 0.951. The van der Waals surface area contributed by atoms with Gasteiger partial charge in [-0.25, -0.2) is 9.78 Å². The Kier molecular flexibility index (Phi) is 5.88. The fourth-order valence-corrected chi connectivity index (χ4v) is 3.43. The molecule has 0 unspecified atom stereocenters. The van der Waals surface area contributed by atoms with Crippen molar-refractivity contribution in [3.8, 4) is 5.88 Å². The summed E-state index contributed by atoms with van der Waals surface area (Å²) in [5.74, 6) is -4.23. The minimum absolute atomic E-state index is 0.00140. The van der Waals surface area contributed by atoms with Crippen LogP contribution in [0.2, 0.25) is 0 Å². The predicted octanol–water partition coefficient (Wildman–Crippen LogP) is 1.47. The molecule has 1 aliphatic heterocycles. The van der Waals surface area contributed by atoms with Crippen molar-refractivity contribution in [1.82, 2.24) is 9.88 Å². The van der Waals surface area contributed by atoms with Crippen molar-refractivity contribution in [3.63, 3.8) is 0 Å². The highest BCUT2D eigenvalue weighted by Gasteiger charge is 2.38. The van der Waals surface area contributed by atoms with Gasteiger partial charge < -0.3 is 20.8 Å². The Morgan fingerprint density at radius 1 is 1.41 bits per heavy atom. The van der Waals surface area contributed by atoms with Crippen molar-refractivity contribution in [2.24, 2.45) is 11.7 Å². The van der Waals surface area contributed by atoms with Gasteiger partial charge in [0.05, 0.1) is 4.70 Å². The van der Waals surface area contributed by atoms with E-state index in [9.17, 15) is 27.9 Å². The van der Waals surface area contributed by atoms with Gasteiger partial charge in [-0.15, -0.1) is 11.3 Å². The van der Waals surface area contributed by atoms with Gasteiger partial charge in [0.15, 0.2) is 0 Å². The van der Waals surface area contributed by atoms with E-state index < -0.39 is 24.0 Å². The number of carbonyl (C=O) groups excluding carboxylic acids is 2. The van der Waals surface area contributed by atoms with Crippen molar-refractivity contribution in [2.75, 3.05) is 6.54 Å². The van der Waals surface area contributed by atoms with Crippen molar-refractivity contribution in [1.29, 1.82) is 0 Å². The fraction of sp³-hybridized carbons (Fsp3) is 0.333. The number of aliphatic carboxylic acids is 1. The highest BCUT2D eigenvalue weighted by atomic mass is 32.1. The third-order valence-electron chi connectivity index (χ3n) is 3.80. The number of primary amides is 1. The molecule has 0 bridgehead atoms. The highest BCUT2D eigenvalue weighted by Crippen LogP contribution is 2.33. The summed E-state index contributed by atoms with van der Waals surface area (Å²) in [6, 6.07) is 1.81. The number of likely N-dealkylation sites (tertiary alicyclic amines) is 1. The number of rotatable bonds is 3. The largest absolute Gasteiger partial charge is 0.492 e. The molecule has 8 nitrogen and oxygen atoms in total. The number of aromatic nitrogens is 1. The number of nitrogens with zero attached hydrogens (tertiary/aromatic N) is 2. The maximum atomic E-state index is 12.0. The molecule has 27 heavy (non-hydrogen) atoms. The number of hydrogen-bond donors (Lipinski definition) is 3. The average Bonchev–Trinajstić information content (AvgIpc) is 3.13. The van der Waals surface area contributed by atoms with Gasteiger partial charge in [-0.3, -0.25) is 9.59 Å². The van der Waals surface area contributed by atoms with E-state index in [0.717, 1.165) is 10.9 Å². The third-order valence-corrected chi connectivity index (χ3v) is 4.84. The number of nitrogens with two attached hydrogens (primary N) is 1. The Bertz CT molecular complexity index is 883. The zero-order chi connectivity index (χ0) is 20.4. The molecule has 3 rings (SSSR count). The number of alkyl halides is 3. The number of carbonyl (C=O) groups is 3. The van der Waals surface area contributed by atoms with E-state index in [0.29, 0.717) is 24.2 Å². The third kappa shape index (κ3) is 4.64. The normalized spacial score (nSPS) is 16.9. The van der Waals surface area contributed by atoms with Crippen LogP contribution in [-0.2, 0) is 20.9 Å². The van der Waals surface area contributed by atoms with Gasteiger partial charge in [-0.05, 0) is 23.4 Å². The average molecular weight is 405 g/mol. The highest BCUT2D eigenvalue weighted by molar-refractivity contribution is 7.17. The van der Waals surface area contributed by atoms with E-state index in [2.05, 4.69) is 4.98 Å². The second kappa shape index (κ2) is 7.78. The molecule has 0 radical (unpaired) electrons. The maximum absolute atomic E-state index is 12.0. The number of hydrogen-bond acceptors (Lipinski definition) is 6. The first-order valence-electron chi connectivity index (χ1n) is 7.44. The summed E-state index contributed by atoms with van der Waals surface area (Å²) in [6.07, 6.45) is -3.07. The van der Waals surface area contributed by atoms with E-state index in [1.165, 1.54) is 17.5 Å². The minimum Gasteiger partial charge on any atom is -0.492 e. The minimum atomic E-state index is -5.08. The van der Waals surface area contributed by atoms with Crippen LogP contribution in [0.15, 0.2) is 17.6 Å². The Morgan fingerprint density at radius 2 is 2.04 bits per heavy atom. The van der Waals surface area contributed by atoms with Crippen LogP contribution in [0, 0.1) is 5.92 Å². The molecule has 2 aromatic rings. The second-order valence-electron chi connectivity index (χ2n) is 5.58. The molecule has 1 atom stereocenters. The fourth-order valence-electron chi connectivity index (χ4n) is 2.49. The van der Waals surface area contributed by atoms with Crippen molar-refractivity contribution >= 4 is 39.2 Å². The maximum Gasteiger partial charge on any atom is 0.490 e. The number of amides is 2. The molecule has 0 aromatic carbocycles. The monoisotopic (exact) mass is 405 g/mol. The molecular weight excluding hydrogens is 391 g/mol. The lowest BCUT2D eigenvalue weighted by atomic mass is 10.1. The molecule has 0 saturated carbocycles. The summed E-state index contributed by atoms with van der Waals surface area (Å²) < 4.78 is 32.4. The molecule has 2 amide bonds. The lowest BCUT2D eigenvalue weighted by molar-refractivity contribution is -0.192. The van der Waals surface area contributed by atoms with Gasteiger partial charge in [0.25, 0.3) is 0 Å². The molecular formula is C15H14F3N3O5S. The van der Waals surface area contributed by atoms with Gasteiger partial charge >= 0.3 is 12.1 Å². The van der Waals surface area contributed by atoms with Crippen LogP contribution in [0.1, 0.15) is 12.0 Å². The molecule has 1 saturated heterocycles. The molecule has 2 aromatic heterocycles. The summed E-state index contributed by atoms with van der Waals surface area (Å²) in [7, 11) is 0. The topological polar surface area (TPSA) is 134 Å². The van der Waals surface area contributed by atoms with Crippen LogP contribution in [0.25, 0.3) is 10.1 Å². The first-order chi connectivity index (χ1) is 12.5. The zero-order valence-electron chi connectivity index (χ0n) is 13.6. The summed E-state index contributed by atoms with van der Waals surface area (Å²) in [4.78, 5) is 37.6. The Hall–Kier alpha value is -2.89. The molecule has 12 heteroatoms. The number of halogens is 3. The molecule has 0 aliphatic carbocycles. The van der Waals surface area contributed by atoms with Crippen LogP contribution in [0.5, 0.6) is 5.88 Å². The Balaban J connectivity index is 0.000000321. The van der Waals surface area contributed by atoms with Crippen LogP contribution in [-0.4, -0.2) is 50.6 Å². The van der Waals surface area contributed by atoms with Crippen LogP contribution >= 0.6 is 11.3 Å². The van der Waals surface area contributed by atoms with Crippen LogP contribution in [0.3, 0.4) is 0 Å². The number of carboxylic acids is 1. The molecule has 3 heterocycles. The SMILES string of the molecule is NC(=O)[C@@H]1CCN(Cc2csc3c(O)nccc23)C1=O.O=C(O)C(F)(F)F. The number of aromatic hydroxyl groups is 1. The molecule has 1 aliphatic rings. The quantitative estimate of drug-likeness (QED) is 0.662.